The van der Waals surface area contributed by atoms with Gasteiger partial charge in [0.05, 0.1) is 31.5 Å². The fourth-order valence-electron chi connectivity index (χ4n) is 4.74. The summed E-state index contributed by atoms with van der Waals surface area (Å²) >= 11 is 0. The molecule has 0 unspecified atom stereocenters. The second-order valence-electron chi connectivity index (χ2n) is 9.08. The largest absolute Gasteiger partial charge is 0.396 e. The Morgan fingerprint density at radius 1 is 0.794 bits per heavy atom. The van der Waals surface area contributed by atoms with Gasteiger partial charge in [-0.3, -0.25) is 0 Å². The van der Waals surface area contributed by atoms with Crippen LogP contribution in [0.4, 0.5) is 0 Å². The molecule has 12 N–H and O–H groups in total. The Bertz CT molecular complexity index is 695. The van der Waals surface area contributed by atoms with E-state index in [1.54, 1.807) is 0 Å². The molecule has 14 atom stereocenters. The Balaban J connectivity index is 1.79. The normalized spacial score (nSPS) is 50.1. The molecule has 0 aromatic rings. The van der Waals surface area contributed by atoms with Crippen molar-refractivity contribution in [2.24, 2.45) is 5.92 Å². The van der Waals surface area contributed by atoms with Crippen LogP contribution in [-0.4, -0.2) is 155 Å². The van der Waals surface area contributed by atoms with Gasteiger partial charge in [0.15, 0.2) is 6.29 Å². The van der Waals surface area contributed by atoms with Gasteiger partial charge in [-0.05, 0) is 12.0 Å². The van der Waals surface area contributed by atoms with Gasteiger partial charge in [-0.15, -0.1) is 0 Å². The minimum Gasteiger partial charge on any atom is -0.396 e. The summed E-state index contributed by atoms with van der Waals surface area (Å²) in [6, 6.07) is -1.98. The second kappa shape index (κ2) is 11.5. The number of nitrogens with one attached hydrogen (secondary N) is 1. The third-order valence-corrected chi connectivity index (χ3v) is 6.90. The molecule has 0 amide bonds. The predicted octanol–water partition coefficient (Wildman–Crippen LogP) is -6.75. The van der Waals surface area contributed by atoms with Crippen LogP contribution >= 0.6 is 0 Å². The molecular formula is C20H35NO13. The van der Waals surface area contributed by atoms with Gasteiger partial charge in [0.25, 0.3) is 0 Å². The summed E-state index contributed by atoms with van der Waals surface area (Å²) in [5.41, 5.74) is 0.0495. The summed E-state index contributed by atoms with van der Waals surface area (Å²) in [4.78, 5) is 0. The SMILES string of the molecule is OCC1=C[C@H](N[C@H]2C[C@H](CO)[C@@H](O)[C@@H](O[C@@H]3O[C@H](CO)[C@@H](O)[C@H](O)[C@H]3O)[C@H]2O)[C@H](O)[C@H](O)[C@@H]1O. The van der Waals surface area contributed by atoms with Crippen molar-refractivity contribution < 1.29 is 65.6 Å². The molecule has 198 valence electrons. The van der Waals surface area contributed by atoms with Crippen LogP contribution in [0.25, 0.3) is 0 Å². The zero-order valence-electron chi connectivity index (χ0n) is 18.2. The number of aliphatic hydroxyl groups excluding tert-OH is 11. The lowest BCUT2D eigenvalue weighted by Gasteiger charge is -2.47. The molecule has 0 spiro atoms. The highest BCUT2D eigenvalue weighted by molar-refractivity contribution is 5.22. The van der Waals surface area contributed by atoms with Gasteiger partial charge in [-0.1, -0.05) is 6.08 Å². The fraction of sp³-hybridized carbons (Fsp3) is 0.900. The van der Waals surface area contributed by atoms with Crippen LogP contribution in [0.2, 0.25) is 0 Å². The van der Waals surface area contributed by atoms with Crippen molar-refractivity contribution in [3.8, 4) is 0 Å². The van der Waals surface area contributed by atoms with Crippen molar-refractivity contribution in [2.75, 3.05) is 19.8 Å². The minimum atomic E-state index is -1.79. The van der Waals surface area contributed by atoms with Crippen LogP contribution in [0.15, 0.2) is 11.6 Å². The molecule has 34 heavy (non-hydrogen) atoms. The molecule has 2 aliphatic carbocycles. The van der Waals surface area contributed by atoms with E-state index in [2.05, 4.69) is 5.32 Å². The molecule has 14 nitrogen and oxygen atoms in total. The standard InChI is InChI=1S/C20H35NO13/c22-3-6-1-8(13(27)16(30)11(6)25)21-9-2-7(4-23)12(26)19(14(9)28)34-20-18(32)17(31)15(29)10(5-24)33-20/h1,7-32H,2-5H2/t7-,8+,9+,10-,11-,12-,13+,14+,15-,16-,17+,18-,19-,20+/m1/s1. The maximum Gasteiger partial charge on any atom is 0.187 e. The summed E-state index contributed by atoms with van der Waals surface area (Å²) < 4.78 is 10.8. The average molecular weight is 497 g/mol. The number of aliphatic hydroxyl groups is 11. The molecule has 2 fully saturated rings. The third kappa shape index (κ3) is 5.30. The van der Waals surface area contributed by atoms with E-state index >= 15 is 0 Å². The number of rotatable bonds is 7. The lowest BCUT2D eigenvalue weighted by molar-refractivity contribution is -0.329. The van der Waals surface area contributed by atoms with Crippen LogP contribution in [-0.2, 0) is 9.47 Å². The molecule has 1 heterocycles. The summed E-state index contributed by atoms with van der Waals surface area (Å²) in [7, 11) is 0. The van der Waals surface area contributed by atoms with Gasteiger partial charge in [0.2, 0.25) is 0 Å². The first-order valence-corrected chi connectivity index (χ1v) is 11.1. The van der Waals surface area contributed by atoms with E-state index in [0.717, 1.165) is 0 Å². The molecule has 0 aromatic carbocycles. The zero-order chi connectivity index (χ0) is 25.3. The first kappa shape index (κ1) is 27.8. The van der Waals surface area contributed by atoms with E-state index in [1.807, 2.05) is 0 Å². The quantitative estimate of drug-likeness (QED) is 0.146. The molecule has 0 radical (unpaired) electrons. The number of hydrogen-bond acceptors (Lipinski definition) is 14. The van der Waals surface area contributed by atoms with E-state index in [-0.39, 0.29) is 12.0 Å². The lowest BCUT2D eigenvalue weighted by Crippen LogP contribution is -2.66. The molecule has 1 saturated heterocycles. The Morgan fingerprint density at radius 2 is 1.47 bits per heavy atom. The topological polar surface area (TPSA) is 253 Å². The van der Waals surface area contributed by atoms with Crippen molar-refractivity contribution >= 4 is 0 Å². The van der Waals surface area contributed by atoms with E-state index in [0.29, 0.717) is 0 Å². The minimum absolute atomic E-state index is 0.00244. The van der Waals surface area contributed by atoms with Crippen molar-refractivity contribution in [1.29, 1.82) is 0 Å². The van der Waals surface area contributed by atoms with Gasteiger partial charge < -0.3 is 71.0 Å². The molecule has 1 saturated carbocycles. The monoisotopic (exact) mass is 497 g/mol. The van der Waals surface area contributed by atoms with E-state index < -0.39 is 105 Å². The van der Waals surface area contributed by atoms with E-state index in [4.69, 9.17) is 9.47 Å². The molecule has 14 heteroatoms. The van der Waals surface area contributed by atoms with Gasteiger partial charge >= 0.3 is 0 Å². The average Bonchev–Trinajstić information content (AvgIpc) is 2.83. The van der Waals surface area contributed by atoms with Crippen molar-refractivity contribution in [3.05, 3.63) is 11.6 Å². The Labute approximate surface area is 194 Å². The van der Waals surface area contributed by atoms with Gasteiger partial charge in [-0.2, -0.15) is 0 Å². The first-order valence-electron chi connectivity index (χ1n) is 11.1. The van der Waals surface area contributed by atoms with Crippen molar-refractivity contribution in [2.45, 2.75) is 85.8 Å². The fourth-order valence-corrected chi connectivity index (χ4v) is 4.74. The molecule has 3 rings (SSSR count). The number of ether oxygens (including phenoxy) is 2. The van der Waals surface area contributed by atoms with Gasteiger partial charge in [0, 0.05) is 18.6 Å². The molecule has 1 aliphatic heterocycles. The maximum absolute atomic E-state index is 10.9. The maximum atomic E-state index is 10.9. The van der Waals surface area contributed by atoms with Crippen LogP contribution in [0, 0.1) is 5.92 Å². The molecule has 3 aliphatic rings. The summed E-state index contributed by atoms with van der Waals surface area (Å²) in [6.45, 7) is -1.82. The zero-order valence-corrected chi connectivity index (χ0v) is 18.2. The highest BCUT2D eigenvalue weighted by atomic mass is 16.7. The lowest BCUT2D eigenvalue weighted by atomic mass is 9.78. The summed E-state index contributed by atoms with van der Waals surface area (Å²) in [5, 5.41) is 113. The van der Waals surface area contributed by atoms with Crippen LogP contribution in [0.1, 0.15) is 6.42 Å². The third-order valence-electron chi connectivity index (χ3n) is 6.90. The van der Waals surface area contributed by atoms with Crippen LogP contribution in [0.5, 0.6) is 0 Å². The summed E-state index contributed by atoms with van der Waals surface area (Å²) in [5.74, 6) is -0.840. The van der Waals surface area contributed by atoms with Crippen molar-refractivity contribution in [1.82, 2.24) is 5.32 Å². The van der Waals surface area contributed by atoms with Gasteiger partial charge in [-0.25, -0.2) is 0 Å². The van der Waals surface area contributed by atoms with Crippen LogP contribution in [0.3, 0.4) is 0 Å². The predicted molar refractivity (Wildman–Crippen MR) is 110 cm³/mol. The smallest absolute Gasteiger partial charge is 0.187 e. The van der Waals surface area contributed by atoms with E-state index in [9.17, 15) is 56.2 Å². The Morgan fingerprint density at radius 3 is 2.06 bits per heavy atom. The molecule has 0 aromatic heterocycles. The second-order valence-corrected chi connectivity index (χ2v) is 9.08. The molecular weight excluding hydrogens is 462 g/mol. The number of hydrogen-bond donors (Lipinski definition) is 12. The Kier molecular flexibility index (Phi) is 9.38. The van der Waals surface area contributed by atoms with E-state index in [1.165, 1.54) is 6.08 Å². The first-order chi connectivity index (χ1) is 16.0. The highest BCUT2D eigenvalue weighted by Gasteiger charge is 2.50. The van der Waals surface area contributed by atoms with Crippen LogP contribution < -0.4 is 5.32 Å². The van der Waals surface area contributed by atoms with Gasteiger partial charge in [0.1, 0.15) is 48.8 Å². The summed E-state index contributed by atoms with van der Waals surface area (Å²) in [6.07, 6.45) is -15.9. The van der Waals surface area contributed by atoms with Crippen molar-refractivity contribution in [3.63, 3.8) is 0 Å². The highest BCUT2D eigenvalue weighted by Crippen LogP contribution is 2.32. The Hall–Kier alpha value is -0.820. The molecule has 0 bridgehead atoms.